The predicted molar refractivity (Wildman–Crippen MR) is 85.3 cm³/mol. The van der Waals surface area contributed by atoms with Crippen molar-refractivity contribution in [1.82, 2.24) is 0 Å². The minimum absolute atomic E-state index is 0.113. The molecule has 108 valence electrons. The SMILES string of the molecule is CN(c1cccc(C#N)c1)S(=O)(=O)c1ccc(N)cc1Br. The Morgan fingerprint density at radius 3 is 2.57 bits per heavy atom. The van der Waals surface area contributed by atoms with Crippen molar-refractivity contribution in [3.8, 4) is 6.07 Å². The van der Waals surface area contributed by atoms with Gasteiger partial charge in [-0.2, -0.15) is 5.26 Å². The quantitative estimate of drug-likeness (QED) is 0.847. The Morgan fingerprint density at radius 2 is 1.95 bits per heavy atom. The summed E-state index contributed by atoms with van der Waals surface area (Å²) < 4.78 is 26.8. The number of anilines is 2. The van der Waals surface area contributed by atoms with Crippen LogP contribution >= 0.6 is 15.9 Å². The highest BCUT2D eigenvalue weighted by Gasteiger charge is 2.24. The van der Waals surface area contributed by atoms with Gasteiger partial charge < -0.3 is 5.73 Å². The number of hydrogen-bond donors (Lipinski definition) is 1. The van der Waals surface area contributed by atoms with Crippen LogP contribution in [-0.2, 0) is 10.0 Å². The van der Waals surface area contributed by atoms with Crippen LogP contribution in [0, 0.1) is 11.3 Å². The number of nitrogens with two attached hydrogens (primary N) is 1. The Bertz CT molecular complexity index is 828. The summed E-state index contributed by atoms with van der Waals surface area (Å²) in [6.45, 7) is 0. The van der Waals surface area contributed by atoms with Crippen molar-refractivity contribution in [2.75, 3.05) is 17.1 Å². The molecule has 0 bridgehead atoms. The van der Waals surface area contributed by atoms with Gasteiger partial charge in [0, 0.05) is 17.2 Å². The first kappa shape index (κ1) is 15.4. The number of sulfonamides is 1. The Balaban J connectivity index is 2.50. The van der Waals surface area contributed by atoms with Crippen LogP contribution in [-0.4, -0.2) is 15.5 Å². The summed E-state index contributed by atoms with van der Waals surface area (Å²) in [6.07, 6.45) is 0. The molecule has 0 aromatic heterocycles. The van der Waals surface area contributed by atoms with E-state index in [-0.39, 0.29) is 4.90 Å². The van der Waals surface area contributed by atoms with E-state index in [0.29, 0.717) is 21.4 Å². The number of nitriles is 1. The smallest absolute Gasteiger partial charge is 0.265 e. The third kappa shape index (κ3) is 3.01. The van der Waals surface area contributed by atoms with Gasteiger partial charge in [0.1, 0.15) is 4.90 Å². The molecule has 0 aliphatic rings. The average molecular weight is 366 g/mol. The lowest BCUT2D eigenvalue weighted by Crippen LogP contribution is -2.26. The van der Waals surface area contributed by atoms with Crippen LogP contribution in [0.3, 0.4) is 0 Å². The van der Waals surface area contributed by atoms with Gasteiger partial charge >= 0.3 is 0 Å². The molecule has 2 rings (SSSR count). The van der Waals surface area contributed by atoms with Gasteiger partial charge in [0.25, 0.3) is 10.0 Å². The van der Waals surface area contributed by atoms with Crippen molar-refractivity contribution >= 4 is 37.3 Å². The van der Waals surface area contributed by atoms with Gasteiger partial charge in [-0.15, -0.1) is 0 Å². The largest absolute Gasteiger partial charge is 0.399 e. The van der Waals surface area contributed by atoms with E-state index in [1.54, 1.807) is 18.2 Å². The molecule has 2 aromatic carbocycles. The van der Waals surface area contributed by atoms with Crippen LogP contribution in [0.2, 0.25) is 0 Å². The van der Waals surface area contributed by atoms with Crippen LogP contribution < -0.4 is 10.0 Å². The highest BCUT2D eigenvalue weighted by molar-refractivity contribution is 9.10. The first-order chi connectivity index (χ1) is 9.86. The molecule has 21 heavy (non-hydrogen) atoms. The lowest BCUT2D eigenvalue weighted by molar-refractivity contribution is 0.594. The topological polar surface area (TPSA) is 87.2 Å². The Labute approximate surface area is 131 Å². The van der Waals surface area contributed by atoms with Crippen molar-refractivity contribution in [2.45, 2.75) is 4.90 Å². The Morgan fingerprint density at radius 1 is 1.24 bits per heavy atom. The van der Waals surface area contributed by atoms with Crippen LogP contribution in [0.5, 0.6) is 0 Å². The maximum absolute atomic E-state index is 12.6. The Hall–Kier alpha value is -2.04. The van der Waals surface area contributed by atoms with Gasteiger partial charge in [-0.3, -0.25) is 4.31 Å². The normalized spacial score (nSPS) is 10.9. The van der Waals surface area contributed by atoms with E-state index in [2.05, 4.69) is 15.9 Å². The van der Waals surface area contributed by atoms with E-state index >= 15 is 0 Å². The fourth-order valence-corrected chi connectivity index (χ4v) is 4.03. The van der Waals surface area contributed by atoms with Crippen LogP contribution in [0.25, 0.3) is 0 Å². The van der Waals surface area contributed by atoms with Crippen LogP contribution in [0.4, 0.5) is 11.4 Å². The minimum Gasteiger partial charge on any atom is -0.399 e. The lowest BCUT2D eigenvalue weighted by Gasteiger charge is -2.20. The summed E-state index contributed by atoms with van der Waals surface area (Å²) >= 11 is 3.21. The van der Waals surface area contributed by atoms with Gasteiger partial charge in [-0.1, -0.05) is 6.07 Å². The van der Waals surface area contributed by atoms with E-state index in [4.69, 9.17) is 11.0 Å². The minimum atomic E-state index is -3.74. The van der Waals surface area contributed by atoms with Crippen molar-refractivity contribution < 1.29 is 8.42 Å². The number of benzene rings is 2. The molecule has 2 N–H and O–H groups in total. The fraction of sp³-hybridized carbons (Fsp3) is 0.0714. The highest BCUT2D eigenvalue weighted by Crippen LogP contribution is 2.29. The molecular weight excluding hydrogens is 354 g/mol. The maximum atomic E-state index is 12.6. The lowest BCUT2D eigenvalue weighted by atomic mass is 10.2. The molecule has 0 fully saturated rings. The first-order valence-corrected chi connectivity index (χ1v) is 8.13. The molecule has 0 saturated carbocycles. The van der Waals surface area contributed by atoms with Crippen molar-refractivity contribution in [3.05, 3.63) is 52.5 Å². The summed E-state index contributed by atoms with van der Waals surface area (Å²) in [7, 11) is -2.30. The van der Waals surface area contributed by atoms with Gasteiger partial charge in [0.15, 0.2) is 0 Å². The second-order valence-electron chi connectivity index (χ2n) is 4.32. The monoisotopic (exact) mass is 365 g/mol. The Kier molecular flexibility index (Phi) is 4.21. The maximum Gasteiger partial charge on any atom is 0.265 e. The van der Waals surface area contributed by atoms with Crippen molar-refractivity contribution in [2.24, 2.45) is 0 Å². The molecule has 0 aliphatic carbocycles. The molecule has 0 atom stereocenters. The molecule has 0 unspecified atom stereocenters. The molecule has 0 amide bonds. The number of nitrogens with zero attached hydrogens (tertiary/aromatic N) is 2. The predicted octanol–water partition coefficient (Wildman–Crippen LogP) is 2.73. The van der Waals surface area contributed by atoms with Gasteiger partial charge in [-0.05, 0) is 52.3 Å². The third-order valence-corrected chi connectivity index (χ3v) is 5.70. The molecule has 7 heteroatoms. The number of rotatable bonds is 3. The average Bonchev–Trinajstić information content (AvgIpc) is 2.46. The summed E-state index contributed by atoms with van der Waals surface area (Å²) in [5, 5.41) is 8.90. The molecule has 5 nitrogen and oxygen atoms in total. The molecule has 2 aromatic rings. The molecule has 0 heterocycles. The van der Waals surface area contributed by atoms with E-state index in [9.17, 15) is 8.42 Å². The van der Waals surface area contributed by atoms with Crippen LogP contribution in [0.15, 0.2) is 51.8 Å². The zero-order valence-corrected chi connectivity index (χ0v) is 13.5. The summed E-state index contributed by atoms with van der Waals surface area (Å²) in [4.78, 5) is 0.113. The molecule has 0 spiro atoms. The summed E-state index contributed by atoms with van der Waals surface area (Å²) in [6, 6.07) is 12.9. The van der Waals surface area contributed by atoms with E-state index in [1.165, 1.54) is 31.3 Å². The number of hydrogen-bond acceptors (Lipinski definition) is 4. The van der Waals surface area contributed by atoms with E-state index < -0.39 is 10.0 Å². The molecular formula is C14H12BrN3O2S. The summed E-state index contributed by atoms with van der Waals surface area (Å²) in [5.41, 5.74) is 6.90. The van der Waals surface area contributed by atoms with Gasteiger partial charge in [-0.25, -0.2) is 8.42 Å². The third-order valence-electron chi connectivity index (χ3n) is 2.93. The van der Waals surface area contributed by atoms with Crippen LogP contribution in [0.1, 0.15) is 5.56 Å². The van der Waals surface area contributed by atoms with E-state index in [1.807, 2.05) is 6.07 Å². The molecule has 0 saturated heterocycles. The van der Waals surface area contributed by atoms with Gasteiger partial charge in [0.05, 0.1) is 17.3 Å². The first-order valence-electron chi connectivity index (χ1n) is 5.90. The van der Waals surface area contributed by atoms with Gasteiger partial charge in [0.2, 0.25) is 0 Å². The van der Waals surface area contributed by atoms with E-state index in [0.717, 1.165) is 4.31 Å². The molecule has 0 radical (unpaired) electrons. The zero-order chi connectivity index (χ0) is 15.6. The zero-order valence-electron chi connectivity index (χ0n) is 11.1. The van der Waals surface area contributed by atoms with Crippen molar-refractivity contribution in [3.63, 3.8) is 0 Å². The summed E-state index contributed by atoms with van der Waals surface area (Å²) in [5.74, 6) is 0. The molecule has 0 aliphatic heterocycles. The standard InChI is InChI=1S/C14H12BrN3O2S/c1-18(12-4-2-3-10(7-12)9-16)21(19,20)14-6-5-11(17)8-13(14)15/h2-8H,17H2,1H3. The second-order valence-corrected chi connectivity index (χ2v) is 7.12. The second kappa shape index (κ2) is 5.76. The number of halogens is 1. The van der Waals surface area contributed by atoms with Crippen molar-refractivity contribution in [1.29, 1.82) is 5.26 Å². The number of nitrogen functional groups attached to an aromatic ring is 1. The fourth-order valence-electron chi connectivity index (χ4n) is 1.78. The highest BCUT2D eigenvalue weighted by atomic mass is 79.9.